The molecular formula is C13H20N2. The molecule has 15 heavy (non-hydrogen) atoms. The van der Waals surface area contributed by atoms with Gasteiger partial charge >= 0.3 is 0 Å². The highest BCUT2D eigenvalue weighted by molar-refractivity contribution is 5.14. The summed E-state index contributed by atoms with van der Waals surface area (Å²) in [6.45, 7) is 7.83. The second-order valence-corrected chi connectivity index (χ2v) is 4.69. The maximum atomic E-state index is 4.65. The van der Waals surface area contributed by atoms with Crippen LogP contribution in [0, 0.1) is 6.92 Å². The topological polar surface area (TPSA) is 16.1 Å². The molecular weight excluding hydrogens is 184 g/mol. The van der Waals surface area contributed by atoms with Crippen molar-refractivity contribution in [1.29, 1.82) is 0 Å². The SMILES string of the molecule is Cc1cccc([C@@H]2CCCN2C(C)C)n1. The van der Waals surface area contributed by atoms with E-state index in [0.29, 0.717) is 12.1 Å². The van der Waals surface area contributed by atoms with Gasteiger partial charge in [0.25, 0.3) is 0 Å². The van der Waals surface area contributed by atoms with Crippen LogP contribution >= 0.6 is 0 Å². The van der Waals surface area contributed by atoms with Crippen LogP contribution < -0.4 is 0 Å². The first-order chi connectivity index (χ1) is 7.18. The Balaban J connectivity index is 2.22. The molecule has 0 bridgehead atoms. The molecule has 1 atom stereocenters. The second kappa shape index (κ2) is 4.31. The molecule has 1 aliphatic heterocycles. The molecule has 1 aliphatic rings. The fourth-order valence-electron chi connectivity index (χ4n) is 2.47. The van der Waals surface area contributed by atoms with Crippen LogP contribution in [0.4, 0.5) is 0 Å². The number of nitrogens with zero attached hydrogens (tertiary/aromatic N) is 2. The van der Waals surface area contributed by atoms with Crippen molar-refractivity contribution in [1.82, 2.24) is 9.88 Å². The fourth-order valence-corrected chi connectivity index (χ4v) is 2.47. The number of likely N-dealkylation sites (tertiary alicyclic amines) is 1. The predicted molar refractivity (Wildman–Crippen MR) is 62.8 cm³/mol. The van der Waals surface area contributed by atoms with Gasteiger partial charge in [-0.3, -0.25) is 9.88 Å². The van der Waals surface area contributed by atoms with Crippen molar-refractivity contribution < 1.29 is 0 Å². The van der Waals surface area contributed by atoms with Gasteiger partial charge in [-0.15, -0.1) is 0 Å². The minimum Gasteiger partial charge on any atom is -0.292 e. The molecule has 82 valence electrons. The second-order valence-electron chi connectivity index (χ2n) is 4.69. The monoisotopic (exact) mass is 204 g/mol. The molecule has 0 spiro atoms. The van der Waals surface area contributed by atoms with E-state index in [0.717, 1.165) is 5.69 Å². The summed E-state index contributed by atoms with van der Waals surface area (Å²) in [7, 11) is 0. The zero-order valence-corrected chi connectivity index (χ0v) is 9.90. The van der Waals surface area contributed by atoms with Crippen LogP contribution in [0.1, 0.15) is 44.1 Å². The molecule has 2 rings (SSSR count). The van der Waals surface area contributed by atoms with Gasteiger partial charge in [-0.25, -0.2) is 0 Å². The number of hydrogen-bond donors (Lipinski definition) is 0. The lowest BCUT2D eigenvalue weighted by atomic mass is 10.1. The third-order valence-electron chi connectivity index (χ3n) is 3.21. The number of aryl methyl sites for hydroxylation is 1. The molecule has 2 nitrogen and oxygen atoms in total. The quantitative estimate of drug-likeness (QED) is 0.736. The van der Waals surface area contributed by atoms with Crippen molar-refractivity contribution in [3.8, 4) is 0 Å². The van der Waals surface area contributed by atoms with E-state index in [1.54, 1.807) is 0 Å². The summed E-state index contributed by atoms with van der Waals surface area (Å²) in [5.74, 6) is 0. The maximum Gasteiger partial charge on any atom is 0.0578 e. The number of rotatable bonds is 2. The van der Waals surface area contributed by atoms with Gasteiger partial charge in [0, 0.05) is 11.7 Å². The Hall–Kier alpha value is -0.890. The van der Waals surface area contributed by atoms with E-state index in [2.05, 4.69) is 48.9 Å². The van der Waals surface area contributed by atoms with Crippen LogP contribution in [0.3, 0.4) is 0 Å². The highest BCUT2D eigenvalue weighted by atomic mass is 15.2. The summed E-state index contributed by atoms with van der Waals surface area (Å²) >= 11 is 0. The Kier molecular flexibility index (Phi) is 3.06. The third kappa shape index (κ3) is 2.20. The van der Waals surface area contributed by atoms with Crippen LogP contribution in [0.2, 0.25) is 0 Å². The van der Waals surface area contributed by atoms with Crippen molar-refractivity contribution in [2.75, 3.05) is 6.54 Å². The Morgan fingerprint density at radius 3 is 2.87 bits per heavy atom. The molecule has 0 N–H and O–H groups in total. The normalized spacial score (nSPS) is 22.5. The van der Waals surface area contributed by atoms with Crippen molar-refractivity contribution in [2.24, 2.45) is 0 Å². The maximum absolute atomic E-state index is 4.65. The molecule has 0 radical (unpaired) electrons. The molecule has 0 saturated carbocycles. The van der Waals surface area contributed by atoms with E-state index in [1.165, 1.54) is 25.1 Å². The Bertz CT molecular complexity index is 333. The van der Waals surface area contributed by atoms with Gasteiger partial charge in [-0.05, 0) is 52.3 Å². The molecule has 1 aromatic rings. The largest absolute Gasteiger partial charge is 0.292 e. The summed E-state index contributed by atoms with van der Waals surface area (Å²) in [4.78, 5) is 7.20. The van der Waals surface area contributed by atoms with Crippen molar-refractivity contribution in [2.45, 2.75) is 45.7 Å². The molecule has 2 heteroatoms. The number of aromatic nitrogens is 1. The third-order valence-corrected chi connectivity index (χ3v) is 3.21. The summed E-state index contributed by atoms with van der Waals surface area (Å²) in [5.41, 5.74) is 2.38. The minimum atomic E-state index is 0.546. The van der Waals surface area contributed by atoms with E-state index < -0.39 is 0 Å². The van der Waals surface area contributed by atoms with E-state index >= 15 is 0 Å². The smallest absolute Gasteiger partial charge is 0.0578 e. The average molecular weight is 204 g/mol. The van der Waals surface area contributed by atoms with E-state index in [9.17, 15) is 0 Å². The summed E-state index contributed by atoms with van der Waals surface area (Å²) in [6.07, 6.45) is 2.56. The van der Waals surface area contributed by atoms with Gasteiger partial charge in [-0.2, -0.15) is 0 Å². The zero-order chi connectivity index (χ0) is 10.8. The van der Waals surface area contributed by atoms with Crippen molar-refractivity contribution >= 4 is 0 Å². The molecule has 0 amide bonds. The van der Waals surface area contributed by atoms with Crippen molar-refractivity contribution in [3.05, 3.63) is 29.6 Å². The van der Waals surface area contributed by atoms with Crippen LogP contribution in [0.15, 0.2) is 18.2 Å². The zero-order valence-electron chi connectivity index (χ0n) is 9.90. The number of hydrogen-bond acceptors (Lipinski definition) is 2. The van der Waals surface area contributed by atoms with Gasteiger partial charge in [0.05, 0.1) is 11.7 Å². The molecule has 0 aromatic carbocycles. The molecule has 2 heterocycles. The first kappa shape index (κ1) is 10.6. The number of pyridine rings is 1. The Morgan fingerprint density at radius 1 is 1.40 bits per heavy atom. The van der Waals surface area contributed by atoms with Gasteiger partial charge in [-0.1, -0.05) is 6.07 Å². The van der Waals surface area contributed by atoms with Gasteiger partial charge in [0.1, 0.15) is 0 Å². The van der Waals surface area contributed by atoms with E-state index in [-0.39, 0.29) is 0 Å². The van der Waals surface area contributed by atoms with Gasteiger partial charge < -0.3 is 0 Å². The standard InChI is InChI=1S/C13H20N2/c1-10(2)15-9-5-8-13(15)12-7-4-6-11(3)14-12/h4,6-7,10,13H,5,8-9H2,1-3H3/t13-/m0/s1. The summed E-state index contributed by atoms with van der Waals surface area (Å²) < 4.78 is 0. The van der Waals surface area contributed by atoms with Gasteiger partial charge in [0.2, 0.25) is 0 Å². The van der Waals surface area contributed by atoms with E-state index in [4.69, 9.17) is 0 Å². The molecule has 1 aromatic heterocycles. The lowest BCUT2D eigenvalue weighted by molar-refractivity contribution is 0.202. The summed E-state index contributed by atoms with van der Waals surface area (Å²) in [5, 5.41) is 0. The average Bonchev–Trinajstić information content (AvgIpc) is 2.65. The molecule has 1 saturated heterocycles. The summed E-state index contributed by atoms with van der Waals surface area (Å²) in [6, 6.07) is 7.52. The first-order valence-corrected chi connectivity index (χ1v) is 5.88. The van der Waals surface area contributed by atoms with Crippen LogP contribution in [0.5, 0.6) is 0 Å². The minimum absolute atomic E-state index is 0.546. The van der Waals surface area contributed by atoms with Crippen LogP contribution in [0.25, 0.3) is 0 Å². The van der Waals surface area contributed by atoms with Crippen LogP contribution in [-0.4, -0.2) is 22.5 Å². The molecule has 0 unspecified atom stereocenters. The predicted octanol–water partition coefficient (Wildman–Crippen LogP) is 2.94. The lowest BCUT2D eigenvalue weighted by Gasteiger charge is -2.27. The van der Waals surface area contributed by atoms with Crippen LogP contribution in [-0.2, 0) is 0 Å². The molecule has 0 aliphatic carbocycles. The first-order valence-electron chi connectivity index (χ1n) is 5.88. The van der Waals surface area contributed by atoms with E-state index in [1.807, 2.05) is 0 Å². The Morgan fingerprint density at radius 2 is 2.20 bits per heavy atom. The van der Waals surface area contributed by atoms with Crippen molar-refractivity contribution in [3.63, 3.8) is 0 Å². The highest BCUT2D eigenvalue weighted by Crippen LogP contribution is 2.32. The lowest BCUT2D eigenvalue weighted by Crippen LogP contribution is -2.30. The fraction of sp³-hybridized carbons (Fsp3) is 0.615. The highest BCUT2D eigenvalue weighted by Gasteiger charge is 2.28. The molecule has 1 fully saturated rings. The Labute approximate surface area is 92.3 Å². The van der Waals surface area contributed by atoms with Gasteiger partial charge in [0.15, 0.2) is 0 Å².